The highest BCUT2D eigenvalue weighted by Gasteiger charge is 2.25. The van der Waals surface area contributed by atoms with Crippen molar-refractivity contribution in [3.05, 3.63) is 72.4 Å². The highest BCUT2D eigenvalue weighted by Crippen LogP contribution is 2.20. The van der Waals surface area contributed by atoms with Crippen LogP contribution in [-0.2, 0) is 6.54 Å². The zero-order valence-electron chi connectivity index (χ0n) is 25.9. The van der Waals surface area contributed by atoms with E-state index in [1.807, 2.05) is 0 Å². The van der Waals surface area contributed by atoms with Gasteiger partial charge in [-0.3, -0.25) is 0 Å². The van der Waals surface area contributed by atoms with Crippen molar-refractivity contribution in [3.63, 3.8) is 0 Å². The molecule has 0 aliphatic carbocycles. The molecule has 0 saturated heterocycles. The monoisotopic (exact) mass is 523 g/mol. The maximum atomic E-state index is 2.48. The second-order valence-electron chi connectivity index (χ2n) is 11.5. The van der Waals surface area contributed by atoms with E-state index in [1.54, 1.807) is 0 Å². The van der Waals surface area contributed by atoms with Crippen molar-refractivity contribution in [3.8, 4) is 0 Å². The first-order valence-corrected chi connectivity index (χ1v) is 16.6. The molecule has 1 aromatic carbocycles. The lowest BCUT2D eigenvalue weighted by molar-refractivity contribution is -0.940. The number of hydrogen-bond donors (Lipinski definition) is 0. The molecule has 38 heavy (non-hydrogen) atoms. The van der Waals surface area contributed by atoms with Crippen molar-refractivity contribution in [1.29, 1.82) is 0 Å². The van der Waals surface area contributed by atoms with Gasteiger partial charge in [-0.2, -0.15) is 0 Å². The zero-order chi connectivity index (χ0) is 27.4. The Morgan fingerprint density at radius 2 is 0.816 bits per heavy atom. The van der Waals surface area contributed by atoms with Crippen molar-refractivity contribution in [2.75, 3.05) is 19.6 Å². The minimum atomic E-state index is 1.15. The van der Waals surface area contributed by atoms with E-state index < -0.39 is 0 Å². The Hall–Kier alpha value is -1.60. The third-order valence-corrected chi connectivity index (χ3v) is 7.84. The number of rotatable bonds is 26. The minimum Gasteiger partial charge on any atom is -0.319 e. The Kier molecular flexibility index (Phi) is 23.3. The molecule has 0 aliphatic rings. The van der Waals surface area contributed by atoms with E-state index in [4.69, 9.17) is 0 Å². The maximum Gasteiger partial charge on any atom is 0.104 e. The molecule has 0 unspecified atom stereocenters. The van der Waals surface area contributed by atoms with E-state index >= 15 is 0 Å². The van der Waals surface area contributed by atoms with Gasteiger partial charge in [0.05, 0.1) is 19.6 Å². The molecule has 1 heteroatoms. The third kappa shape index (κ3) is 19.5. The van der Waals surface area contributed by atoms with Gasteiger partial charge in [0.1, 0.15) is 6.54 Å². The fourth-order valence-corrected chi connectivity index (χ4v) is 5.36. The standard InChI is InChI=1S/C37H64N/c1-4-7-10-13-16-19-22-28-33-38(36-37-31-26-25-27-32-37,34-29-23-20-17-14-11-8-5-2)35-30-24-21-18-15-12-9-6-3/h19-27,31-32H,4-18,28-30,33-36H2,1-3H3/q+1/b22-19+,23-20+,24-21+. The third-order valence-electron chi connectivity index (χ3n) is 7.84. The second kappa shape index (κ2) is 25.7. The van der Waals surface area contributed by atoms with Gasteiger partial charge in [0, 0.05) is 24.8 Å². The van der Waals surface area contributed by atoms with E-state index in [0.717, 1.165) is 6.54 Å². The molecule has 0 bridgehead atoms. The van der Waals surface area contributed by atoms with Crippen LogP contribution >= 0.6 is 0 Å². The van der Waals surface area contributed by atoms with E-state index in [9.17, 15) is 0 Å². The van der Waals surface area contributed by atoms with Crippen molar-refractivity contribution in [1.82, 2.24) is 0 Å². The number of nitrogens with zero attached hydrogens (tertiary/aromatic N) is 1. The zero-order valence-corrected chi connectivity index (χ0v) is 25.9. The maximum absolute atomic E-state index is 2.48. The van der Waals surface area contributed by atoms with Crippen LogP contribution in [0, 0.1) is 0 Å². The first-order valence-electron chi connectivity index (χ1n) is 16.6. The van der Waals surface area contributed by atoms with Crippen molar-refractivity contribution >= 4 is 0 Å². The highest BCUT2D eigenvalue weighted by molar-refractivity contribution is 5.13. The molecule has 0 aromatic heterocycles. The van der Waals surface area contributed by atoms with Gasteiger partial charge in [0.2, 0.25) is 0 Å². The van der Waals surface area contributed by atoms with E-state index in [0.29, 0.717) is 0 Å². The van der Waals surface area contributed by atoms with Crippen LogP contribution < -0.4 is 0 Å². The highest BCUT2D eigenvalue weighted by atomic mass is 15.3. The quantitative estimate of drug-likeness (QED) is 0.0644. The lowest BCUT2D eigenvalue weighted by Gasteiger charge is -2.39. The van der Waals surface area contributed by atoms with Crippen LogP contribution in [0.5, 0.6) is 0 Å². The minimum absolute atomic E-state index is 1.15. The van der Waals surface area contributed by atoms with Crippen LogP contribution in [0.1, 0.15) is 142 Å². The molecular weight excluding hydrogens is 458 g/mol. The van der Waals surface area contributed by atoms with Gasteiger partial charge in [0.25, 0.3) is 0 Å². The summed E-state index contributed by atoms with van der Waals surface area (Å²) in [5.41, 5.74) is 1.49. The van der Waals surface area contributed by atoms with Crippen molar-refractivity contribution < 1.29 is 4.48 Å². The number of unbranched alkanes of at least 4 members (excludes halogenated alkanes) is 12. The number of allylic oxidation sites excluding steroid dienone is 3. The molecule has 0 radical (unpaired) electrons. The van der Waals surface area contributed by atoms with Gasteiger partial charge >= 0.3 is 0 Å². The molecule has 0 spiro atoms. The van der Waals surface area contributed by atoms with E-state index in [-0.39, 0.29) is 0 Å². The molecule has 0 fully saturated rings. The fourth-order valence-electron chi connectivity index (χ4n) is 5.36. The van der Waals surface area contributed by atoms with Crippen molar-refractivity contribution in [2.24, 2.45) is 0 Å². The predicted molar refractivity (Wildman–Crippen MR) is 173 cm³/mol. The second-order valence-corrected chi connectivity index (χ2v) is 11.5. The number of hydrogen-bond acceptors (Lipinski definition) is 0. The lowest BCUT2D eigenvalue weighted by atomic mass is 10.1. The number of benzene rings is 1. The molecule has 0 amide bonds. The summed E-state index contributed by atoms with van der Waals surface area (Å²) in [5.74, 6) is 0. The van der Waals surface area contributed by atoms with E-state index in [1.165, 1.54) is 145 Å². The summed E-state index contributed by atoms with van der Waals surface area (Å²) in [5, 5.41) is 0. The normalized spacial score (nSPS) is 12.5. The predicted octanol–water partition coefficient (Wildman–Crippen LogP) is 11.8. The summed E-state index contributed by atoms with van der Waals surface area (Å²) in [6.45, 7) is 11.8. The first-order chi connectivity index (χ1) is 18.8. The average molecular weight is 523 g/mol. The van der Waals surface area contributed by atoms with Crippen LogP contribution in [0.2, 0.25) is 0 Å². The molecule has 1 rings (SSSR count). The van der Waals surface area contributed by atoms with Crippen LogP contribution in [0.15, 0.2) is 66.8 Å². The van der Waals surface area contributed by atoms with Crippen molar-refractivity contribution in [2.45, 2.75) is 143 Å². The van der Waals surface area contributed by atoms with Gasteiger partial charge < -0.3 is 4.48 Å². The Balaban J connectivity index is 2.79. The van der Waals surface area contributed by atoms with E-state index in [2.05, 4.69) is 87.6 Å². The Morgan fingerprint density at radius 1 is 0.447 bits per heavy atom. The SMILES string of the molecule is CCCCCC/C=C/CC[N+](CC/C=C/CCCCCC)(CC/C=C/CCCCCC)Cc1ccccc1. The molecule has 0 N–H and O–H groups in total. The fraction of sp³-hybridized carbons (Fsp3) is 0.676. The summed E-state index contributed by atoms with van der Waals surface area (Å²) in [4.78, 5) is 0. The first kappa shape index (κ1) is 34.4. The average Bonchev–Trinajstić information content (AvgIpc) is 2.93. The van der Waals surface area contributed by atoms with Crippen LogP contribution in [0.3, 0.4) is 0 Å². The summed E-state index contributed by atoms with van der Waals surface area (Å²) in [6.07, 6.45) is 38.4. The van der Waals surface area contributed by atoms with Gasteiger partial charge in [0.15, 0.2) is 0 Å². The van der Waals surface area contributed by atoms with Crippen LogP contribution in [-0.4, -0.2) is 24.1 Å². The Labute approximate surface area is 239 Å². The van der Waals surface area contributed by atoms with Gasteiger partial charge in [-0.25, -0.2) is 0 Å². The lowest BCUT2D eigenvalue weighted by Crippen LogP contribution is -2.49. The molecular formula is C37H64N+. The largest absolute Gasteiger partial charge is 0.319 e. The van der Waals surface area contributed by atoms with Gasteiger partial charge in [-0.1, -0.05) is 145 Å². The molecule has 0 atom stereocenters. The molecule has 0 heterocycles. The molecule has 0 aliphatic heterocycles. The summed E-state index contributed by atoms with van der Waals surface area (Å²) in [6, 6.07) is 11.3. The van der Waals surface area contributed by atoms with Gasteiger partial charge in [-0.15, -0.1) is 0 Å². The molecule has 1 aromatic rings. The van der Waals surface area contributed by atoms with Crippen LogP contribution in [0.25, 0.3) is 0 Å². The topological polar surface area (TPSA) is 0 Å². The molecule has 1 nitrogen and oxygen atoms in total. The van der Waals surface area contributed by atoms with Crippen LogP contribution in [0.4, 0.5) is 0 Å². The number of quaternary nitrogens is 1. The Bertz CT molecular complexity index is 634. The Morgan fingerprint density at radius 3 is 1.18 bits per heavy atom. The summed E-state index contributed by atoms with van der Waals surface area (Å²) >= 11 is 0. The molecule has 216 valence electrons. The smallest absolute Gasteiger partial charge is 0.104 e. The summed E-state index contributed by atoms with van der Waals surface area (Å²) in [7, 11) is 0. The summed E-state index contributed by atoms with van der Waals surface area (Å²) < 4.78 is 1.20. The molecule has 0 saturated carbocycles. The van der Waals surface area contributed by atoms with Gasteiger partial charge in [-0.05, 0) is 38.5 Å².